The zero-order valence-electron chi connectivity index (χ0n) is 11.0. The van der Waals surface area contributed by atoms with Crippen LogP contribution in [0.3, 0.4) is 0 Å². The Morgan fingerprint density at radius 2 is 2.05 bits per heavy atom. The summed E-state index contributed by atoms with van der Waals surface area (Å²) < 4.78 is 56.8. The van der Waals surface area contributed by atoms with Crippen LogP contribution in [0.25, 0.3) is 0 Å². The van der Waals surface area contributed by atoms with Crippen molar-refractivity contribution in [2.24, 2.45) is 0 Å². The molecule has 6 heteroatoms. The van der Waals surface area contributed by atoms with Crippen LogP contribution in [0, 0.1) is 5.82 Å². The summed E-state index contributed by atoms with van der Waals surface area (Å²) in [7, 11) is 0. The minimum absolute atomic E-state index is 0.0506. The van der Waals surface area contributed by atoms with E-state index in [2.05, 4.69) is 5.32 Å². The van der Waals surface area contributed by atoms with Gasteiger partial charge in [-0.05, 0) is 37.0 Å². The van der Waals surface area contributed by atoms with E-state index in [1.54, 1.807) is 0 Å². The summed E-state index contributed by atoms with van der Waals surface area (Å²) in [4.78, 5) is 0. The monoisotopic (exact) mass is 291 g/mol. The predicted molar refractivity (Wildman–Crippen MR) is 66.7 cm³/mol. The first-order valence-electron chi connectivity index (χ1n) is 6.65. The molecule has 1 saturated heterocycles. The number of halogens is 4. The number of rotatable bonds is 4. The van der Waals surface area contributed by atoms with Gasteiger partial charge < -0.3 is 10.1 Å². The van der Waals surface area contributed by atoms with Crippen molar-refractivity contribution >= 4 is 0 Å². The lowest BCUT2D eigenvalue weighted by molar-refractivity contribution is -0.138. The van der Waals surface area contributed by atoms with Gasteiger partial charge in [-0.25, -0.2) is 4.39 Å². The Morgan fingerprint density at radius 1 is 1.25 bits per heavy atom. The van der Waals surface area contributed by atoms with Gasteiger partial charge in [-0.1, -0.05) is 6.07 Å². The van der Waals surface area contributed by atoms with Gasteiger partial charge in [0.2, 0.25) is 0 Å². The highest BCUT2D eigenvalue weighted by molar-refractivity contribution is 5.30. The van der Waals surface area contributed by atoms with Crippen LogP contribution in [0.5, 0.6) is 0 Å². The van der Waals surface area contributed by atoms with Crippen LogP contribution in [0.1, 0.15) is 30.4 Å². The van der Waals surface area contributed by atoms with Gasteiger partial charge in [-0.15, -0.1) is 0 Å². The van der Waals surface area contributed by atoms with Crippen LogP contribution in [0.15, 0.2) is 18.2 Å². The molecule has 1 unspecified atom stereocenters. The van der Waals surface area contributed by atoms with Gasteiger partial charge in [-0.2, -0.15) is 13.2 Å². The molecule has 1 aromatic carbocycles. The first-order valence-corrected chi connectivity index (χ1v) is 6.65. The number of benzene rings is 1. The lowest BCUT2D eigenvalue weighted by atomic mass is 10.1. The molecule has 2 nitrogen and oxygen atoms in total. The van der Waals surface area contributed by atoms with Crippen LogP contribution < -0.4 is 5.32 Å². The normalized spacial score (nSPS) is 20.1. The van der Waals surface area contributed by atoms with Crippen LogP contribution >= 0.6 is 0 Å². The third-order valence-corrected chi connectivity index (χ3v) is 3.34. The molecule has 0 amide bonds. The van der Waals surface area contributed by atoms with E-state index in [1.165, 1.54) is 6.07 Å². The number of alkyl halides is 3. The largest absolute Gasteiger partial charge is 0.416 e. The van der Waals surface area contributed by atoms with Crippen LogP contribution in [-0.2, 0) is 17.5 Å². The average molecular weight is 291 g/mol. The predicted octanol–water partition coefficient (Wildman–Crippen LogP) is 3.50. The van der Waals surface area contributed by atoms with Gasteiger partial charge in [0.15, 0.2) is 0 Å². The van der Waals surface area contributed by atoms with E-state index in [1.807, 2.05) is 0 Å². The van der Waals surface area contributed by atoms with E-state index >= 15 is 0 Å². The van der Waals surface area contributed by atoms with Crippen molar-refractivity contribution in [3.05, 3.63) is 35.1 Å². The zero-order chi connectivity index (χ0) is 14.6. The standard InChI is InChI=1S/C14H17F4NO/c15-11-5-4-10(13(7-11)14(16,17)18)8-19-9-12-3-1-2-6-20-12/h4-5,7,12,19H,1-3,6,8-9H2. The van der Waals surface area contributed by atoms with Crippen molar-refractivity contribution in [3.8, 4) is 0 Å². The summed E-state index contributed by atoms with van der Waals surface area (Å²) in [6, 6.07) is 2.75. The fraction of sp³-hybridized carbons (Fsp3) is 0.571. The van der Waals surface area contributed by atoms with Crippen molar-refractivity contribution in [1.29, 1.82) is 0 Å². The first kappa shape index (κ1) is 15.3. The second kappa shape index (κ2) is 6.54. The van der Waals surface area contributed by atoms with E-state index in [9.17, 15) is 17.6 Å². The third-order valence-electron chi connectivity index (χ3n) is 3.34. The van der Waals surface area contributed by atoms with E-state index < -0.39 is 17.6 Å². The van der Waals surface area contributed by atoms with Crippen molar-refractivity contribution in [1.82, 2.24) is 5.32 Å². The SMILES string of the molecule is Fc1ccc(CNCC2CCCCO2)c(C(F)(F)F)c1. The molecule has 0 bridgehead atoms. The number of ether oxygens (including phenoxy) is 1. The maximum atomic E-state index is 13.0. The third kappa shape index (κ3) is 4.18. The fourth-order valence-corrected chi connectivity index (χ4v) is 2.30. The van der Waals surface area contributed by atoms with Crippen LogP contribution in [0.2, 0.25) is 0 Å². The van der Waals surface area contributed by atoms with E-state index in [4.69, 9.17) is 4.74 Å². The molecule has 0 radical (unpaired) electrons. The topological polar surface area (TPSA) is 21.3 Å². The summed E-state index contributed by atoms with van der Waals surface area (Å²) >= 11 is 0. The summed E-state index contributed by atoms with van der Waals surface area (Å²) in [6.45, 7) is 1.26. The Labute approximate surface area is 115 Å². The minimum atomic E-state index is -4.54. The van der Waals surface area contributed by atoms with Gasteiger partial charge in [-0.3, -0.25) is 0 Å². The lowest BCUT2D eigenvalue weighted by Crippen LogP contribution is -2.32. The Hall–Kier alpha value is -1.14. The highest BCUT2D eigenvalue weighted by Crippen LogP contribution is 2.32. The van der Waals surface area contributed by atoms with Gasteiger partial charge in [0.05, 0.1) is 11.7 Å². The highest BCUT2D eigenvalue weighted by Gasteiger charge is 2.33. The summed E-state index contributed by atoms with van der Waals surface area (Å²) in [5, 5.41) is 2.96. The van der Waals surface area contributed by atoms with Gasteiger partial charge >= 0.3 is 6.18 Å². The number of hydrogen-bond acceptors (Lipinski definition) is 2. The lowest BCUT2D eigenvalue weighted by Gasteiger charge is -2.23. The molecule has 0 saturated carbocycles. The molecule has 1 fully saturated rings. The van der Waals surface area contributed by atoms with Crippen LogP contribution in [0.4, 0.5) is 17.6 Å². The summed E-state index contributed by atoms with van der Waals surface area (Å²) in [6.07, 6.45) is -1.45. The van der Waals surface area contributed by atoms with E-state index in [-0.39, 0.29) is 18.2 Å². The maximum absolute atomic E-state index is 13.0. The van der Waals surface area contributed by atoms with Crippen LogP contribution in [-0.4, -0.2) is 19.3 Å². The zero-order valence-corrected chi connectivity index (χ0v) is 11.0. The maximum Gasteiger partial charge on any atom is 0.416 e. The van der Waals surface area contributed by atoms with Crippen molar-refractivity contribution in [2.45, 2.75) is 38.1 Å². The molecule has 1 aliphatic heterocycles. The quantitative estimate of drug-likeness (QED) is 0.857. The molecular weight excluding hydrogens is 274 g/mol. The second-order valence-corrected chi connectivity index (χ2v) is 4.92. The summed E-state index contributed by atoms with van der Waals surface area (Å²) in [5.41, 5.74) is -0.871. The first-order chi connectivity index (χ1) is 9.47. The molecule has 112 valence electrons. The fourth-order valence-electron chi connectivity index (χ4n) is 2.30. The Morgan fingerprint density at radius 3 is 2.70 bits per heavy atom. The molecule has 0 spiro atoms. The van der Waals surface area contributed by atoms with Crippen molar-refractivity contribution in [3.63, 3.8) is 0 Å². The smallest absolute Gasteiger partial charge is 0.377 e. The molecule has 0 aromatic heterocycles. The molecule has 2 rings (SSSR count). The van der Waals surface area contributed by atoms with Crippen molar-refractivity contribution in [2.75, 3.05) is 13.2 Å². The Kier molecular flexibility index (Phi) is 4.99. The number of nitrogens with one attached hydrogen (secondary N) is 1. The molecule has 0 aliphatic carbocycles. The second-order valence-electron chi connectivity index (χ2n) is 4.92. The van der Waals surface area contributed by atoms with Gasteiger partial charge in [0.25, 0.3) is 0 Å². The molecular formula is C14H17F4NO. The minimum Gasteiger partial charge on any atom is -0.377 e. The Balaban J connectivity index is 1.95. The molecule has 1 atom stereocenters. The molecule has 1 N–H and O–H groups in total. The number of hydrogen-bond donors (Lipinski definition) is 1. The highest BCUT2D eigenvalue weighted by atomic mass is 19.4. The molecule has 20 heavy (non-hydrogen) atoms. The van der Waals surface area contributed by atoms with Gasteiger partial charge in [0.1, 0.15) is 5.82 Å². The van der Waals surface area contributed by atoms with E-state index in [0.29, 0.717) is 19.2 Å². The molecule has 1 aliphatic rings. The van der Waals surface area contributed by atoms with E-state index in [0.717, 1.165) is 25.3 Å². The molecule has 1 heterocycles. The average Bonchev–Trinajstić information content (AvgIpc) is 2.40. The van der Waals surface area contributed by atoms with Crippen molar-refractivity contribution < 1.29 is 22.3 Å². The summed E-state index contributed by atoms with van der Waals surface area (Å²) in [5.74, 6) is -0.878. The van der Waals surface area contributed by atoms with Gasteiger partial charge in [0, 0.05) is 19.7 Å². The Bertz CT molecular complexity index is 441. The molecule has 1 aromatic rings.